The van der Waals surface area contributed by atoms with Gasteiger partial charge in [0, 0.05) is 6.20 Å². The van der Waals surface area contributed by atoms with E-state index < -0.39 is 15.8 Å². The van der Waals surface area contributed by atoms with Crippen molar-refractivity contribution in [3.63, 3.8) is 0 Å². The summed E-state index contributed by atoms with van der Waals surface area (Å²) in [6, 6.07) is 6.24. The predicted molar refractivity (Wildman–Crippen MR) is 71.5 cm³/mol. The van der Waals surface area contributed by atoms with Crippen LogP contribution in [0, 0.1) is 5.82 Å². The summed E-state index contributed by atoms with van der Waals surface area (Å²) in [5.74, 6) is -0.767. The molecule has 4 nitrogen and oxygen atoms in total. The van der Waals surface area contributed by atoms with Crippen LogP contribution in [0.4, 0.5) is 10.1 Å². The average molecular weight is 321 g/mol. The van der Waals surface area contributed by atoms with Gasteiger partial charge in [0.15, 0.2) is 0 Å². The third kappa shape index (κ3) is 3.15. The second kappa shape index (κ2) is 5.32. The van der Waals surface area contributed by atoms with E-state index in [0.29, 0.717) is 0 Å². The SMILES string of the molecule is O=S(=O)(Nc1c(F)cccc1Cl)c1ccnc(Cl)c1. The minimum atomic E-state index is -3.98. The van der Waals surface area contributed by atoms with Gasteiger partial charge in [0.25, 0.3) is 10.0 Å². The zero-order valence-electron chi connectivity index (χ0n) is 9.27. The summed E-state index contributed by atoms with van der Waals surface area (Å²) >= 11 is 11.4. The first-order valence-electron chi connectivity index (χ1n) is 4.98. The minimum absolute atomic E-state index is 0.0162. The Morgan fingerprint density at radius 2 is 1.95 bits per heavy atom. The van der Waals surface area contributed by atoms with Crippen molar-refractivity contribution in [3.05, 3.63) is 52.5 Å². The Balaban J connectivity index is 2.42. The summed E-state index contributed by atoms with van der Waals surface area (Å²) in [7, 11) is -3.98. The maximum absolute atomic E-state index is 13.5. The fraction of sp³-hybridized carbons (Fsp3) is 0. The number of rotatable bonds is 3. The number of benzene rings is 1. The number of sulfonamides is 1. The van der Waals surface area contributed by atoms with E-state index in [4.69, 9.17) is 23.2 Å². The van der Waals surface area contributed by atoms with Crippen molar-refractivity contribution < 1.29 is 12.8 Å². The molecule has 0 saturated carbocycles. The van der Waals surface area contributed by atoms with E-state index in [0.717, 1.165) is 12.1 Å². The quantitative estimate of drug-likeness (QED) is 0.882. The molecule has 0 aliphatic rings. The number of nitrogens with zero attached hydrogens (tertiary/aromatic N) is 1. The second-order valence-corrected chi connectivity index (χ2v) is 5.99. The van der Waals surface area contributed by atoms with Crippen molar-refractivity contribution in [2.24, 2.45) is 0 Å². The predicted octanol–water partition coefficient (Wildman–Crippen LogP) is 3.33. The molecule has 0 fully saturated rings. The van der Waals surface area contributed by atoms with Gasteiger partial charge in [0.1, 0.15) is 16.7 Å². The molecule has 1 aromatic carbocycles. The molecular formula is C11H7Cl2FN2O2S. The first-order chi connectivity index (χ1) is 8.90. The van der Waals surface area contributed by atoms with Crippen molar-refractivity contribution in [3.8, 4) is 0 Å². The molecule has 0 unspecified atom stereocenters. The van der Waals surface area contributed by atoms with Crippen molar-refractivity contribution in [2.45, 2.75) is 4.90 Å². The summed E-state index contributed by atoms with van der Waals surface area (Å²) in [6.45, 7) is 0. The Bertz CT molecular complexity index is 702. The maximum atomic E-state index is 13.5. The van der Waals surface area contributed by atoms with Crippen LogP contribution in [0.3, 0.4) is 0 Å². The van der Waals surface area contributed by atoms with Crippen LogP contribution < -0.4 is 4.72 Å². The molecule has 0 atom stereocenters. The lowest BCUT2D eigenvalue weighted by Gasteiger charge is -2.10. The summed E-state index contributed by atoms with van der Waals surface area (Å²) in [5, 5.41) is -0.0220. The maximum Gasteiger partial charge on any atom is 0.262 e. The van der Waals surface area contributed by atoms with E-state index in [2.05, 4.69) is 9.71 Å². The highest BCUT2D eigenvalue weighted by Crippen LogP contribution is 2.27. The van der Waals surface area contributed by atoms with Gasteiger partial charge < -0.3 is 0 Å². The van der Waals surface area contributed by atoms with Crippen LogP contribution in [0.1, 0.15) is 0 Å². The molecule has 0 amide bonds. The van der Waals surface area contributed by atoms with Gasteiger partial charge in [-0.25, -0.2) is 17.8 Å². The number of nitrogens with one attached hydrogen (secondary N) is 1. The van der Waals surface area contributed by atoms with E-state index in [1.807, 2.05) is 0 Å². The molecule has 1 aromatic heterocycles. The number of halogens is 3. The first kappa shape index (κ1) is 14.0. The molecule has 0 bridgehead atoms. The smallest absolute Gasteiger partial charge is 0.262 e. The molecule has 8 heteroatoms. The molecule has 0 radical (unpaired) electrons. The lowest BCUT2D eigenvalue weighted by atomic mass is 10.3. The van der Waals surface area contributed by atoms with Crippen LogP contribution in [0.5, 0.6) is 0 Å². The minimum Gasteiger partial charge on any atom is -0.275 e. The fourth-order valence-corrected chi connectivity index (χ4v) is 2.95. The molecule has 2 rings (SSSR count). The van der Waals surface area contributed by atoms with E-state index in [-0.39, 0.29) is 20.8 Å². The van der Waals surface area contributed by atoms with Crippen LogP contribution in [-0.2, 0) is 10.0 Å². The number of para-hydroxylation sites is 1. The third-order valence-electron chi connectivity index (χ3n) is 2.21. The summed E-state index contributed by atoms with van der Waals surface area (Å²) in [4.78, 5) is 3.54. The van der Waals surface area contributed by atoms with Gasteiger partial charge in [-0.15, -0.1) is 0 Å². The van der Waals surface area contributed by atoms with Gasteiger partial charge in [0.05, 0.1) is 9.92 Å². The summed E-state index contributed by atoms with van der Waals surface area (Å²) in [6.07, 6.45) is 1.24. The number of hydrogen-bond donors (Lipinski definition) is 1. The molecule has 0 aliphatic heterocycles. The van der Waals surface area contributed by atoms with E-state index in [9.17, 15) is 12.8 Å². The molecule has 19 heavy (non-hydrogen) atoms. The summed E-state index contributed by atoms with van der Waals surface area (Å²) in [5.41, 5.74) is -0.308. The highest BCUT2D eigenvalue weighted by atomic mass is 35.5. The Morgan fingerprint density at radius 1 is 1.21 bits per heavy atom. The Labute approximate surface area is 119 Å². The Morgan fingerprint density at radius 3 is 2.58 bits per heavy atom. The fourth-order valence-electron chi connectivity index (χ4n) is 1.34. The van der Waals surface area contributed by atoms with Gasteiger partial charge in [-0.3, -0.25) is 4.72 Å². The Kier molecular flexibility index (Phi) is 3.93. The van der Waals surface area contributed by atoms with E-state index in [1.165, 1.54) is 24.4 Å². The van der Waals surface area contributed by atoms with Crippen LogP contribution in [0.2, 0.25) is 10.2 Å². The third-order valence-corrected chi connectivity index (χ3v) is 4.08. The highest BCUT2D eigenvalue weighted by Gasteiger charge is 2.18. The van der Waals surface area contributed by atoms with Gasteiger partial charge in [-0.2, -0.15) is 0 Å². The first-order valence-corrected chi connectivity index (χ1v) is 7.22. The van der Waals surface area contributed by atoms with E-state index in [1.54, 1.807) is 0 Å². The Hall–Kier alpha value is -1.37. The van der Waals surface area contributed by atoms with Gasteiger partial charge in [0.2, 0.25) is 0 Å². The van der Waals surface area contributed by atoms with Crippen LogP contribution in [0.15, 0.2) is 41.4 Å². The monoisotopic (exact) mass is 320 g/mol. The molecule has 100 valence electrons. The number of pyridine rings is 1. The normalized spacial score (nSPS) is 11.3. The van der Waals surface area contributed by atoms with Crippen LogP contribution in [0.25, 0.3) is 0 Å². The van der Waals surface area contributed by atoms with Crippen molar-refractivity contribution >= 4 is 38.9 Å². The number of hydrogen-bond acceptors (Lipinski definition) is 3. The number of anilines is 1. The zero-order chi connectivity index (χ0) is 14.0. The molecule has 0 aliphatic carbocycles. The van der Waals surface area contributed by atoms with Gasteiger partial charge >= 0.3 is 0 Å². The van der Waals surface area contributed by atoms with Gasteiger partial charge in [-0.1, -0.05) is 29.3 Å². The molecular weight excluding hydrogens is 314 g/mol. The average Bonchev–Trinajstić information content (AvgIpc) is 2.34. The molecule has 0 spiro atoms. The van der Waals surface area contributed by atoms with Crippen molar-refractivity contribution in [2.75, 3.05) is 4.72 Å². The van der Waals surface area contributed by atoms with Crippen LogP contribution in [-0.4, -0.2) is 13.4 Å². The zero-order valence-corrected chi connectivity index (χ0v) is 11.6. The lowest BCUT2D eigenvalue weighted by Crippen LogP contribution is -2.14. The second-order valence-electron chi connectivity index (χ2n) is 3.52. The van der Waals surface area contributed by atoms with E-state index >= 15 is 0 Å². The van der Waals surface area contributed by atoms with Crippen molar-refractivity contribution in [1.82, 2.24) is 4.98 Å². The summed E-state index contributed by atoms with van der Waals surface area (Å²) < 4.78 is 39.7. The molecule has 2 aromatic rings. The van der Waals surface area contributed by atoms with Gasteiger partial charge in [-0.05, 0) is 24.3 Å². The standard InChI is InChI=1S/C11H7Cl2FN2O2S/c12-8-2-1-3-9(14)11(8)16-19(17,18)7-4-5-15-10(13)6-7/h1-6,16H. The molecule has 1 heterocycles. The van der Waals surface area contributed by atoms with Crippen LogP contribution >= 0.6 is 23.2 Å². The molecule has 1 N–H and O–H groups in total. The lowest BCUT2D eigenvalue weighted by molar-refractivity contribution is 0.598. The topological polar surface area (TPSA) is 59.1 Å². The van der Waals surface area contributed by atoms with Crippen molar-refractivity contribution in [1.29, 1.82) is 0 Å². The highest BCUT2D eigenvalue weighted by molar-refractivity contribution is 7.92. The number of aromatic nitrogens is 1. The largest absolute Gasteiger partial charge is 0.275 e. The molecule has 0 saturated heterocycles.